The van der Waals surface area contributed by atoms with Gasteiger partial charge in [0.15, 0.2) is 34.5 Å². The van der Waals surface area contributed by atoms with Gasteiger partial charge in [-0.05, 0) is 122 Å². The molecule has 0 saturated carbocycles. The number of methoxy groups -OCH3 is 3. The summed E-state index contributed by atoms with van der Waals surface area (Å²) in [5.74, 6) is 3.11. The van der Waals surface area contributed by atoms with Crippen molar-refractivity contribution in [1.29, 1.82) is 0 Å². The summed E-state index contributed by atoms with van der Waals surface area (Å²) in [6, 6.07) is 21.9. The number of aromatic hydroxyl groups is 2. The van der Waals surface area contributed by atoms with Crippen molar-refractivity contribution < 1.29 is 72.0 Å². The first kappa shape index (κ1) is 39.5. The van der Waals surface area contributed by atoms with Crippen LogP contribution in [-0.2, 0) is 37.0 Å². The van der Waals surface area contributed by atoms with E-state index in [4.69, 9.17) is 32.3 Å². The number of nitrogens with zero attached hydrogens (tertiary/aromatic N) is 2. The third kappa shape index (κ3) is 9.31. The average molecular weight is 714 g/mol. The first-order chi connectivity index (χ1) is 23.5. The van der Waals surface area contributed by atoms with Crippen LogP contribution in [0.15, 0.2) is 66.7 Å². The second-order valence-corrected chi connectivity index (χ2v) is 12.7. The number of hydrogen-bond acceptors (Lipinski definition) is 11. The van der Waals surface area contributed by atoms with E-state index in [-0.39, 0.29) is 53.1 Å². The van der Waals surface area contributed by atoms with Crippen molar-refractivity contribution in [3.63, 3.8) is 0 Å². The number of benzene rings is 4. The Bertz CT molecular complexity index is 1790. The van der Waals surface area contributed by atoms with Gasteiger partial charge in [0.25, 0.3) is 0 Å². The third-order valence-corrected chi connectivity index (χ3v) is 9.38. The van der Waals surface area contributed by atoms with Gasteiger partial charge in [-0.3, -0.25) is 14.0 Å². The van der Waals surface area contributed by atoms with Crippen LogP contribution >= 0.6 is 0 Å². The van der Waals surface area contributed by atoms with E-state index in [0.29, 0.717) is 29.4 Å². The largest absolute Gasteiger partial charge is 1.00 e. The second kappa shape index (κ2) is 17.7. The van der Waals surface area contributed by atoms with Crippen molar-refractivity contribution in [3.8, 4) is 40.2 Å². The minimum Gasteiger partial charge on any atom is -0.784 e. The van der Waals surface area contributed by atoms with E-state index in [9.17, 15) is 10.2 Å². The van der Waals surface area contributed by atoms with Gasteiger partial charge in [0.2, 0.25) is 0 Å². The van der Waals surface area contributed by atoms with Crippen LogP contribution < -0.4 is 48.5 Å². The predicted molar refractivity (Wildman–Crippen MR) is 184 cm³/mol. The molecule has 0 aromatic heterocycles. The molecule has 0 bridgehead atoms. The zero-order valence-electron chi connectivity index (χ0n) is 29.3. The Morgan fingerprint density at radius 1 is 0.680 bits per heavy atom. The number of rotatable bonds is 9. The maximum Gasteiger partial charge on any atom is 1.00 e. The Labute approximate surface area is 318 Å². The molecule has 0 unspecified atom stereocenters. The molecule has 0 fully saturated rings. The first-order valence-electron chi connectivity index (χ1n) is 15.9. The minimum atomic E-state index is -3.11. The first-order valence-corrected chi connectivity index (χ1v) is 16.9. The average Bonchev–Trinajstić information content (AvgIpc) is 3.08. The van der Waals surface area contributed by atoms with Crippen molar-refractivity contribution in [3.05, 3.63) is 100 Å². The Kier molecular flexibility index (Phi) is 14.0. The molecule has 4 aromatic carbocycles. The Morgan fingerprint density at radius 3 is 1.76 bits per heavy atom. The normalized spacial score (nSPS) is 17.0. The fourth-order valence-electron chi connectivity index (χ4n) is 6.71. The standard InChI is InChI=1S/C37H42N2O6.Na.H2O3S/c1-38-15-13-26-20-36(44-5)37(22-29(26)30(38)16-23-6-9-27(42-3)10-7-23)45-35-18-24(8-11-32(35)40)17-31-28-21-33(41)34(43-4)19-25(28)12-14-39(31)2;;1-4(2)3/h6-11,18-22,30-31,40-41H,12-17H2,1-5H3;;(H2,1,2,3)/q;+1;/p-2/t30-,31-;;/m1../s1. The van der Waals surface area contributed by atoms with Crippen LogP contribution in [0.25, 0.3) is 0 Å². The predicted octanol–water partition coefficient (Wildman–Crippen LogP) is 2.46. The van der Waals surface area contributed by atoms with Gasteiger partial charge in [-0.15, -0.1) is 11.4 Å². The molecule has 2 atom stereocenters. The Morgan fingerprint density at radius 2 is 1.20 bits per heavy atom. The molecule has 2 aliphatic heterocycles. The molecule has 2 N–H and O–H groups in total. The maximum absolute atomic E-state index is 10.9. The molecule has 0 aliphatic carbocycles. The van der Waals surface area contributed by atoms with Crippen LogP contribution in [0.3, 0.4) is 0 Å². The summed E-state index contributed by atoms with van der Waals surface area (Å²) in [5.41, 5.74) is 6.94. The number of phenolic OH excluding ortho intramolecular Hbond substituents is 2. The molecule has 2 heterocycles. The molecule has 0 spiro atoms. The summed E-state index contributed by atoms with van der Waals surface area (Å²) in [7, 11) is 9.16. The van der Waals surface area contributed by atoms with Gasteiger partial charge in [0.05, 0.1) is 21.3 Å². The summed E-state index contributed by atoms with van der Waals surface area (Å²) < 4.78 is 48.3. The number of phenols is 2. The van der Waals surface area contributed by atoms with Crippen LogP contribution in [0.2, 0.25) is 0 Å². The Hall–Kier alpha value is -3.33. The van der Waals surface area contributed by atoms with Crippen LogP contribution in [0.5, 0.6) is 40.2 Å². The summed E-state index contributed by atoms with van der Waals surface area (Å²) in [5, 5.41) is 21.4. The van der Waals surface area contributed by atoms with Gasteiger partial charge in [0, 0.05) is 25.2 Å². The molecular formula is C37H42N2NaO9S-. The van der Waals surface area contributed by atoms with Gasteiger partial charge in [-0.1, -0.05) is 18.2 Å². The molecule has 4 aromatic rings. The van der Waals surface area contributed by atoms with E-state index in [2.05, 4.69) is 48.2 Å². The van der Waals surface area contributed by atoms with Gasteiger partial charge in [-0.25, -0.2) is 0 Å². The zero-order chi connectivity index (χ0) is 35.2. The van der Waals surface area contributed by atoms with Crippen LogP contribution in [0.1, 0.15) is 45.5 Å². The molecule has 11 nitrogen and oxygen atoms in total. The number of ether oxygens (including phenoxy) is 4. The van der Waals surface area contributed by atoms with E-state index in [1.165, 1.54) is 22.3 Å². The molecule has 0 saturated heterocycles. The van der Waals surface area contributed by atoms with Crippen molar-refractivity contribution in [1.82, 2.24) is 9.80 Å². The molecule has 2 aliphatic rings. The van der Waals surface area contributed by atoms with Crippen molar-refractivity contribution >= 4 is 11.4 Å². The number of fused-ring (bicyclic) bond motifs is 2. The SMILES string of the molecule is COc1ccc(C[C@@H]2c3cc(Oc4cc(C[C@@H]5c6cc(O)c(OC)cc6CCN5C)ccc4O)c(OC)cc3CCN2C)cc1.O=S([O-])[O-].[Na+]. The third-order valence-electron chi connectivity index (χ3n) is 9.38. The van der Waals surface area contributed by atoms with Crippen molar-refractivity contribution in [2.24, 2.45) is 0 Å². The van der Waals surface area contributed by atoms with E-state index in [1.807, 2.05) is 36.4 Å². The maximum atomic E-state index is 10.9. The zero-order valence-corrected chi connectivity index (χ0v) is 32.1. The van der Waals surface area contributed by atoms with Gasteiger partial charge < -0.3 is 38.3 Å². The topological polar surface area (TPSA) is 147 Å². The molecule has 50 heavy (non-hydrogen) atoms. The van der Waals surface area contributed by atoms with Crippen molar-refractivity contribution in [2.75, 3.05) is 48.5 Å². The minimum absolute atomic E-state index is 0. The Balaban J connectivity index is 0.00000107. The van der Waals surface area contributed by atoms with Gasteiger partial charge >= 0.3 is 29.6 Å². The van der Waals surface area contributed by atoms with E-state index >= 15 is 0 Å². The van der Waals surface area contributed by atoms with Gasteiger partial charge in [0.1, 0.15) is 5.75 Å². The quantitative estimate of drug-likeness (QED) is 0.195. The summed E-state index contributed by atoms with van der Waals surface area (Å²) >= 11 is -3.11. The van der Waals surface area contributed by atoms with Crippen LogP contribution in [0, 0.1) is 0 Å². The van der Waals surface area contributed by atoms with Crippen LogP contribution in [-0.4, -0.2) is 81.8 Å². The fourth-order valence-corrected chi connectivity index (χ4v) is 6.71. The van der Waals surface area contributed by atoms with E-state index in [1.54, 1.807) is 27.4 Å². The van der Waals surface area contributed by atoms with Crippen molar-refractivity contribution in [2.45, 2.75) is 37.8 Å². The van der Waals surface area contributed by atoms with E-state index < -0.39 is 11.4 Å². The van der Waals surface area contributed by atoms with Crippen LogP contribution in [0.4, 0.5) is 0 Å². The smallest absolute Gasteiger partial charge is 0.784 e. The molecule has 6 rings (SSSR count). The molecule has 0 radical (unpaired) electrons. The summed E-state index contributed by atoms with van der Waals surface area (Å²) in [6.07, 6.45) is 3.33. The fraction of sp³-hybridized carbons (Fsp3) is 0.351. The summed E-state index contributed by atoms with van der Waals surface area (Å²) in [4.78, 5) is 4.68. The second-order valence-electron chi connectivity index (χ2n) is 12.3. The number of hydrogen-bond donors (Lipinski definition) is 2. The molecule has 262 valence electrons. The molecule has 13 heteroatoms. The monoisotopic (exact) mass is 713 g/mol. The van der Waals surface area contributed by atoms with E-state index in [0.717, 1.165) is 49.2 Å². The number of likely N-dealkylation sites (N-methyl/N-ethyl adjacent to an activating group) is 2. The molecular weight excluding hydrogens is 671 g/mol. The summed E-state index contributed by atoms with van der Waals surface area (Å²) in [6.45, 7) is 1.84. The molecule has 0 amide bonds. The van der Waals surface area contributed by atoms with Gasteiger partial charge in [-0.2, -0.15) is 0 Å².